The van der Waals surface area contributed by atoms with E-state index in [0.29, 0.717) is 17.1 Å². The predicted molar refractivity (Wildman–Crippen MR) is 88.1 cm³/mol. The van der Waals surface area contributed by atoms with Crippen molar-refractivity contribution < 1.29 is 4.79 Å². The number of hydrogen-bond donors (Lipinski definition) is 2. The van der Waals surface area contributed by atoms with Crippen molar-refractivity contribution in [2.75, 3.05) is 12.4 Å². The molecule has 0 unspecified atom stereocenters. The summed E-state index contributed by atoms with van der Waals surface area (Å²) in [7, 11) is 1.61. The van der Waals surface area contributed by atoms with E-state index in [0.717, 1.165) is 5.69 Å². The SMILES string of the molecule is CNC(=O)c1ccc(Cl)c(NCc2cccc(C)c2C)c1. The number of amides is 1. The molecule has 3 nitrogen and oxygen atoms in total. The van der Waals surface area contributed by atoms with Crippen molar-refractivity contribution in [3.8, 4) is 0 Å². The summed E-state index contributed by atoms with van der Waals surface area (Å²) >= 11 is 6.19. The van der Waals surface area contributed by atoms with Crippen LogP contribution in [0.15, 0.2) is 36.4 Å². The first-order valence-corrected chi connectivity index (χ1v) is 7.21. The lowest BCUT2D eigenvalue weighted by molar-refractivity contribution is 0.0963. The average molecular weight is 303 g/mol. The van der Waals surface area contributed by atoms with Crippen LogP contribution in [0.3, 0.4) is 0 Å². The summed E-state index contributed by atoms with van der Waals surface area (Å²) in [5.41, 5.74) is 5.10. The summed E-state index contributed by atoms with van der Waals surface area (Å²) in [6.07, 6.45) is 0. The molecule has 0 bridgehead atoms. The molecule has 0 aliphatic heterocycles. The lowest BCUT2D eigenvalue weighted by Gasteiger charge is -2.13. The van der Waals surface area contributed by atoms with E-state index in [-0.39, 0.29) is 5.91 Å². The van der Waals surface area contributed by atoms with E-state index in [1.165, 1.54) is 16.7 Å². The van der Waals surface area contributed by atoms with Crippen molar-refractivity contribution in [2.24, 2.45) is 0 Å². The van der Waals surface area contributed by atoms with Crippen LogP contribution in [0, 0.1) is 13.8 Å². The van der Waals surface area contributed by atoms with Crippen molar-refractivity contribution in [2.45, 2.75) is 20.4 Å². The minimum atomic E-state index is -0.124. The quantitative estimate of drug-likeness (QED) is 0.898. The fourth-order valence-corrected chi connectivity index (χ4v) is 2.32. The van der Waals surface area contributed by atoms with Gasteiger partial charge < -0.3 is 10.6 Å². The standard InChI is InChI=1S/C17H19ClN2O/c1-11-5-4-6-14(12(11)2)10-20-16-9-13(17(21)19-3)7-8-15(16)18/h4-9,20H,10H2,1-3H3,(H,19,21). The van der Waals surface area contributed by atoms with Gasteiger partial charge in [0.15, 0.2) is 0 Å². The fraction of sp³-hybridized carbons (Fsp3) is 0.235. The monoisotopic (exact) mass is 302 g/mol. The van der Waals surface area contributed by atoms with Gasteiger partial charge in [-0.05, 0) is 48.7 Å². The zero-order valence-corrected chi connectivity index (χ0v) is 13.2. The van der Waals surface area contributed by atoms with Gasteiger partial charge in [-0.3, -0.25) is 4.79 Å². The van der Waals surface area contributed by atoms with Crippen molar-refractivity contribution in [3.05, 3.63) is 63.7 Å². The van der Waals surface area contributed by atoms with Gasteiger partial charge in [-0.15, -0.1) is 0 Å². The highest BCUT2D eigenvalue weighted by atomic mass is 35.5. The smallest absolute Gasteiger partial charge is 0.251 e. The molecule has 2 rings (SSSR count). The highest BCUT2D eigenvalue weighted by Gasteiger charge is 2.08. The number of carbonyl (C=O) groups is 1. The van der Waals surface area contributed by atoms with Crippen LogP contribution >= 0.6 is 11.6 Å². The number of carbonyl (C=O) groups excluding carboxylic acids is 1. The second-order valence-corrected chi connectivity index (χ2v) is 5.39. The molecular weight excluding hydrogens is 284 g/mol. The molecule has 0 saturated heterocycles. The molecule has 1 amide bonds. The lowest BCUT2D eigenvalue weighted by atomic mass is 10.0. The first-order chi connectivity index (χ1) is 10.0. The van der Waals surface area contributed by atoms with Gasteiger partial charge in [0, 0.05) is 19.2 Å². The van der Waals surface area contributed by atoms with E-state index in [4.69, 9.17) is 11.6 Å². The van der Waals surface area contributed by atoms with Crippen molar-refractivity contribution in [3.63, 3.8) is 0 Å². The molecular formula is C17H19ClN2O. The highest BCUT2D eigenvalue weighted by molar-refractivity contribution is 6.33. The molecule has 21 heavy (non-hydrogen) atoms. The number of hydrogen-bond acceptors (Lipinski definition) is 2. The van der Waals surface area contributed by atoms with E-state index in [2.05, 4.69) is 36.6 Å². The molecule has 0 saturated carbocycles. The summed E-state index contributed by atoms with van der Waals surface area (Å²) in [6, 6.07) is 11.4. The molecule has 0 aromatic heterocycles. The third-order valence-electron chi connectivity index (χ3n) is 3.64. The number of aryl methyl sites for hydroxylation is 1. The molecule has 0 aliphatic carbocycles. The third-order valence-corrected chi connectivity index (χ3v) is 3.97. The van der Waals surface area contributed by atoms with Gasteiger partial charge >= 0.3 is 0 Å². The Labute approximate surface area is 130 Å². The molecule has 110 valence electrons. The number of benzene rings is 2. The van der Waals surface area contributed by atoms with Crippen molar-refractivity contribution in [1.82, 2.24) is 5.32 Å². The first kappa shape index (κ1) is 15.4. The Bertz CT molecular complexity index is 668. The van der Waals surface area contributed by atoms with Crippen LogP contribution in [-0.2, 0) is 6.54 Å². The zero-order chi connectivity index (χ0) is 15.4. The van der Waals surface area contributed by atoms with Crippen LogP contribution in [0.2, 0.25) is 5.02 Å². The third kappa shape index (κ3) is 3.56. The van der Waals surface area contributed by atoms with Gasteiger partial charge in [-0.2, -0.15) is 0 Å². The minimum Gasteiger partial charge on any atom is -0.380 e. The second kappa shape index (κ2) is 6.64. The largest absolute Gasteiger partial charge is 0.380 e. The number of halogens is 1. The molecule has 0 atom stereocenters. The van der Waals surface area contributed by atoms with Crippen molar-refractivity contribution in [1.29, 1.82) is 0 Å². The number of rotatable bonds is 4. The maximum absolute atomic E-state index is 11.7. The fourth-order valence-electron chi connectivity index (χ4n) is 2.14. The topological polar surface area (TPSA) is 41.1 Å². The Kier molecular flexibility index (Phi) is 4.86. The molecule has 2 N–H and O–H groups in total. The van der Waals surface area contributed by atoms with E-state index in [1.807, 2.05) is 6.07 Å². The van der Waals surface area contributed by atoms with Crippen LogP contribution < -0.4 is 10.6 Å². The minimum absolute atomic E-state index is 0.124. The normalized spacial score (nSPS) is 10.3. The Morgan fingerprint density at radius 3 is 2.67 bits per heavy atom. The Hall–Kier alpha value is -2.00. The molecule has 2 aromatic rings. The van der Waals surface area contributed by atoms with Crippen molar-refractivity contribution >= 4 is 23.2 Å². The molecule has 0 fully saturated rings. The maximum atomic E-state index is 11.7. The summed E-state index contributed by atoms with van der Waals surface area (Å²) in [6.45, 7) is 4.87. The molecule has 0 aliphatic rings. The Morgan fingerprint density at radius 2 is 1.95 bits per heavy atom. The van der Waals surface area contributed by atoms with E-state index in [1.54, 1.807) is 25.2 Å². The molecule has 4 heteroatoms. The average Bonchev–Trinajstić information content (AvgIpc) is 2.49. The van der Waals surface area contributed by atoms with Crippen LogP contribution in [0.25, 0.3) is 0 Å². The number of anilines is 1. The van der Waals surface area contributed by atoms with Gasteiger partial charge in [-0.25, -0.2) is 0 Å². The van der Waals surface area contributed by atoms with E-state index < -0.39 is 0 Å². The lowest BCUT2D eigenvalue weighted by Crippen LogP contribution is -2.17. The van der Waals surface area contributed by atoms with Gasteiger partial charge in [0.1, 0.15) is 0 Å². The molecule has 2 aromatic carbocycles. The van der Waals surface area contributed by atoms with Crippen LogP contribution in [0.1, 0.15) is 27.0 Å². The highest BCUT2D eigenvalue weighted by Crippen LogP contribution is 2.24. The second-order valence-electron chi connectivity index (χ2n) is 4.99. The molecule has 0 radical (unpaired) electrons. The summed E-state index contributed by atoms with van der Waals surface area (Å²) < 4.78 is 0. The van der Waals surface area contributed by atoms with Crippen LogP contribution in [0.5, 0.6) is 0 Å². The zero-order valence-electron chi connectivity index (χ0n) is 12.5. The Balaban J connectivity index is 2.19. The van der Waals surface area contributed by atoms with Gasteiger partial charge in [0.25, 0.3) is 5.91 Å². The Morgan fingerprint density at radius 1 is 1.19 bits per heavy atom. The van der Waals surface area contributed by atoms with Gasteiger partial charge in [0.05, 0.1) is 10.7 Å². The van der Waals surface area contributed by atoms with E-state index >= 15 is 0 Å². The summed E-state index contributed by atoms with van der Waals surface area (Å²) in [4.78, 5) is 11.7. The molecule has 0 heterocycles. The van der Waals surface area contributed by atoms with Crippen LogP contribution in [0.4, 0.5) is 5.69 Å². The number of nitrogens with one attached hydrogen (secondary N) is 2. The first-order valence-electron chi connectivity index (χ1n) is 6.83. The maximum Gasteiger partial charge on any atom is 0.251 e. The predicted octanol–water partition coefficient (Wildman–Crippen LogP) is 3.93. The van der Waals surface area contributed by atoms with Crippen LogP contribution in [-0.4, -0.2) is 13.0 Å². The van der Waals surface area contributed by atoms with Gasteiger partial charge in [-0.1, -0.05) is 29.8 Å². The molecule has 0 spiro atoms. The van der Waals surface area contributed by atoms with E-state index in [9.17, 15) is 4.79 Å². The van der Waals surface area contributed by atoms with Gasteiger partial charge in [0.2, 0.25) is 0 Å². The summed E-state index contributed by atoms with van der Waals surface area (Å²) in [5.74, 6) is -0.124. The summed E-state index contributed by atoms with van der Waals surface area (Å²) in [5, 5.41) is 6.52.